The Balaban J connectivity index is 1.97. The zero-order valence-corrected chi connectivity index (χ0v) is 12.4. The minimum atomic E-state index is -1.17. The zero-order valence-electron chi connectivity index (χ0n) is 11.6. The van der Waals surface area contributed by atoms with Crippen molar-refractivity contribution in [3.8, 4) is 0 Å². The van der Waals surface area contributed by atoms with Crippen molar-refractivity contribution in [3.05, 3.63) is 24.7 Å². The standard InChI is InChI=1S/C13H16N4O4S/c1-2-3-22-13-9-7(14-5-15-13)8(16-17-9)12-11(20)10(19)6(4-18)21-12/h2,5-6,10-12,18-20H,1,3-4H2,(H,16,17)/t6-,10+,11-,12+/m0/s1. The van der Waals surface area contributed by atoms with Gasteiger partial charge in [0.25, 0.3) is 0 Å². The maximum atomic E-state index is 10.1. The fraction of sp³-hybridized carbons (Fsp3) is 0.462. The second-order valence-corrected chi connectivity index (χ2v) is 5.88. The van der Waals surface area contributed by atoms with Crippen LogP contribution < -0.4 is 0 Å². The van der Waals surface area contributed by atoms with Crippen molar-refractivity contribution in [2.45, 2.75) is 29.4 Å². The van der Waals surface area contributed by atoms with Gasteiger partial charge in [0.1, 0.15) is 46.8 Å². The van der Waals surface area contributed by atoms with Gasteiger partial charge < -0.3 is 20.1 Å². The van der Waals surface area contributed by atoms with Crippen LogP contribution in [0.2, 0.25) is 0 Å². The van der Waals surface area contributed by atoms with Crippen molar-refractivity contribution >= 4 is 22.8 Å². The highest BCUT2D eigenvalue weighted by molar-refractivity contribution is 7.99. The Hall–Kier alpha value is -1.52. The third-order valence-corrected chi connectivity index (χ3v) is 4.47. The lowest BCUT2D eigenvalue weighted by atomic mass is 10.1. The van der Waals surface area contributed by atoms with Crippen molar-refractivity contribution in [2.24, 2.45) is 0 Å². The maximum absolute atomic E-state index is 10.1. The summed E-state index contributed by atoms with van der Waals surface area (Å²) >= 11 is 1.47. The van der Waals surface area contributed by atoms with Crippen LogP contribution in [0.1, 0.15) is 11.8 Å². The molecule has 0 saturated carbocycles. The highest BCUT2D eigenvalue weighted by atomic mass is 32.2. The predicted octanol–water partition coefficient (Wildman–Crippen LogP) is -0.215. The third-order valence-electron chi connectivity index (χ3n) is 3.50. The molecule has 0 spiro atoms. The molecule has 22 heavy (non-hydrogen) atoms. The number of aromatic nitrogens is 4. The van der Waals surface area contributed by atoms with Crippen molar-refractivity contribution in [2.75, 3.05) is 12.4 Å². The lowest BCUT2D eigenvalue weighted by Gasteiger charge is -2.12. The van der Waals surface area contributed by atoms with Crippen LogP contribution in [0, 0.1) is 0 Å². The third kappa shape index (κ3) is 2.50. The summed E-state index contributed by atoms with van der Waals surface area (Å²) in [6, 6.07) is 0. The lowest BCUT2D eigenvalue weighted by Crippen LogP contribution is -2.32. The van der Waals surface area contributed by atoms with Gasteiger partial charge in [-0.15, -0.1) is 6.58 Å². The molecular weight excluding hydrogens is 308 g/mol. The Morgan fingerprint density at radius 3 is 2.82 bits per heavy atom. The summed E-state index contributed by atoms with van der Waals surface area (Å²) in [7, 11) is 0. The van der Waals surface area contributed by atoms with E-state index < -0.39 is 24.4 Å². The summed E-state index contributed by atoms with van der Waals surface area (Å²) in [5.74, 6) is 0.683. The second-order valence-electron chi connectivity index (χ2n) is 4.87. The molecule has 0 bridgehead atoms. The number of nitrogens with one attached hydrogen (secondary N) is 1. The largest absolute Gasteiger partial charge is 0.394 e. The first-order valence-electron chi connectivity index (χ1n) is 6.72. The van der Waals surface area contributed by atoms with Crippen molar-refractivity contribution in [1.82, 2.24) is 20.2 Å². The number of hydrogen-bond acceptors (Lipinski definition) is 8. The monoisotopic (exact) mass is 324 g/mol. The van der Waals surface area contributed by atoms with Gasteiger partial charge in [-0.05, 0) is 0 Å². The van der Waals surface area contributed by atoms with Gasteiger partial charge in [-0.2, -0.15) is 5.10 Å². The van der Waals surface area contributed by atoms with Crippen molar-refractivity contribution in [3.63, 3.8) is 0 Å². The van der Waals surface area contributed by atoms with E-state index in [-0.39, 0.29) is 6.61 Å². The lowest BCUT2D eigenvalue weighted by molar-refractivity contribution is -0.0236. The number of aliphatic hydroxyl groups excluding tert-OH is 3. The van der Waals surface area contributed by atoms with Crippen LogP contribution in [-0.2, 0) is 4.74 Å². The molecule has 118 valence electrons. The molecule has 3 heterocycles. The number of nitrogens with zero attached hydrogens (tertiary/aromatic N) is 3. The molecule has 1 saturated heterocycles. The van der Waals surface area contributed by atoms with E-state index in [1.807, 2.05) is 0 Å². The summed E-state index contributed by atoms with van der Waals surface area (Å²) in [5, 5.41) is 36.8. The molecule has 3 rings (SSSR count). The van der Waals surface area contributed by atoms with E-state index in [1.165, 1.54) is 18.1 Å². The molecule has 2 aromatic rings. The minimum absolute atomic E-state index is 0.379. The van der Waals surface area contributed by atoms with Crippen LogP contribution in [0.5, 0.6) is 0 Å². The highest BCUT2D eigenvalue weighted by Gasteiger charge is 2.44. The Kier molecular flexibility index (Phi) is 4.41. The highest BCUT2D eigenvalue weighted by Crippen LogP contribution is 2.36. The molecule has 9 heteroatoms. The number of aliphatic hydroxyl groups is 3. The molecular formula is C13H16N4O4S. The van der Waals surface area contributed by atoms with Gasteiger partial charge in [-0.1, -0.05) is 17.8 Å². The molecule has 1 aliphatic rings. The van der Waals surface area contributed by atoms with Gasteiger partial charge in [0.15, 0.2) is 0 Å². The Morgan fingerprint density at radius 2 is 2.14 bits per heavy atom. The molecule has 1 fully saturated rings. The van der Waals surface area contributed by atoms with E-state index in [9.17, 15) is 10.2 Å². The molecule has 2 aromatic heterocycles. The van der Waals surface area contributed by atoms with Gasteiger partial charge in [0, 0.05) is 5.75 Å². The van der Waals surface area contributed by atoms with E-state index in [0.29, 0.717) is 27.5 Å². The summed E-state index contributed by atoms with van der Waals surface area (Å²) in [6.07, 6.45) is -0.823. The van der Waals surface area contributed by atoms with Gasteiger partial charge in [0.2, 0.25) is 0 Å². The number of ether oxygens (including phenoxy) is 1. The van der Waals surface area contributed by atoms with Gasteiger partial charge in [-0.25, -0.2) is 9.97 Å². The molecule has 0 radical (unpaired) electrons. The van der Waals surface area contributed by atoms with Crippen LogP contribution in [0.15, 0.2) is 24.0 Å². The molecule has 4 atom stereocenters. The number of aromatic amines is 1. The maximum Gasteiger partial charge on any atom is 0.143 e. The van der Waals surface area contributed by atoms with E-state index in [1.54, 1.807) is 6.08 Å². The normalized spacial score (nSPS) is 28.3. The minimum Gasteiger partial charge on any atom is -0.394 e. The van der Waals surface area contributed by atoms with Gasteiger partial charge in [-0.3, -0.25) is 5.10 Å². The fourth-order valence-corrected chi connectivity index (χ4v) is 3.09. The van der Waals surface area contributed by atoms with E-state index in [4.69, 9.17) is 9.84 Å². The summed E-state index contributed by atoms with van der Waals surface area (Å²) in [6.45, 7) is 3.28. The molecule has 0 unspecified atom stereocenters. The molecule has 0 aliphatic carbocycles. The Labute approximate surface area is 130 Å². The van der Waals surface area contributed by atoms with E-state index in [2.05, 4.69) is 26.7 Å². The second kappa shape index (κ2) is 6.31. The van der Waals surface area contributed by atoms with Crippen LogP contribution in [0.25, 0.3) is 11.0 Å². The zero-order chi connectivity index (χ0) is 15.7. The Morgan fingerprint density at radius 1 is 1.32 bits per heavy atom. The van der Waals surface area contributed by atoms with Crippen molar-refractivity contribution in [1.29, 1.82) is 0 Å². The smallest absolute Gasteiger partial charge is 0.143 e. The quantitative estimate of drug-likeness (QED) is 0.338. The molecule has 0 amide bonds. The topological polar surface area (TPSA) is 124 Å². The fourth-order valence-electron chi connectivity index (χ4n) is 2.41. The molecule has 4 N–H and O–H groups in total. The van der Waals surface area contributed by atoms with Crippen molar-refractivity contribution < 1.29 is 20.1 Å². The molecule has 0 aromatic carbocycles. The SMILES string of the molecule is C=CCSc1ncnc2c([C@H]3O[C@@H](CO)[C@@H](O)[C@@H]3O)[nH]nc12. The predicted molar refractivity (Wildman–Crippen MR) is 79.3 cm³/mol. The first-order valence-corrected chi connectivity index (χ1v) is 7.71. The number of fused-ring (bicyclic) bond motifs is 1. The van der Waals surface area contributed by atoms with E-state index in [0.717, 1.165) is 0 Å². The number of hydrogen-bond donors (Lipinski definition) is 4. The number of rotatable bonds is 5. The van der Waals surface area contributed by atoms with Crippen LogP contribution in [0.3, 0.4) is 0 Å². The average molecular weight is 324 g/mol. The van der Waals surface area contributed by atoms with E-state index >= 15 is 0 Å². The van der Waals surface area contributed by atoms with Gasteiger partial charge >= 0.3 is 0 Å². The summed E-state index contributed by atoms with van der Waals surface area (Å²) < 4.78 is 5.50. The van der Waals surface area contributed by atoms with Crippen LogP contribution in [0.4, 0.5) is 0 Å². The first-order chi connectivity index (χ1) is 10.7. The summed E-state index contributed by atoms with van der Waals surface area (Å²) in [4.78, 5) is 8.36. The molecule has 1 aliphatic heterocycles. The Bertz CT molecular complexity index is 679. The summed E-state index contributed by atoms with van der Waals surface area (Å²) in [5.41, 5.74) is 1.55. The molecule has 8 nitrogen and oxygen atoms in total. The average Bonchev–Trinajstić information content (AvgIpc) is 3.08. The number of thioether (sulfide) groups is 1. The number of H-pyrrole nitrogens is 1. The van der Waals surface area contributed by atoms with Crippen LogP contribution in [-0.4, -0.2) is 66.2 Å². The van der Waals surface area contributed by atoms with Crippen LogP contribution >= 0.6 is 11.8 Å². The first kappa shape index (κ1) is 15.4. The van der Waals surface area contributed by atoms with Gasteiger partial charge in [0.05, 0.1) is 12.3 Å².